The maximum Gasteiger partial charge on any atom is 0.267 e. The van der Waals surface area contributed by atoms with Crippen molar-refractivity contribution >= 4 is 39.6 Å². The quantitative estimate of drug-likeness (QED) is 0.241. The van der Waals surface area contributed by atoms with E-state index in [1.54, 1.807) is 23.2 Å². The van der Waals surface area contributed by atoms with Gasteiger partial charge in [0.2, 0.25) is 0 Å². The van der Waals surface area contributed by atoms with Crippen molar-refractivity contribution in [3.8, 4) is 5.82 Å². The van der Waals surface area contributed by atoms with Crippen LogP contribution in [0.4, 0.5) is 5.82 Å². The Morgan fingerprint density at radius 2 is 1.97 bits per heavy atom. The molecule has 0 aliphatic rings. The van der Waals surface area contributed by atoms with Gasteiger partial charge in [-0.25, -0.2) is 29.5 Å². The van der Waals surface area contributed by atoms with Crippen LogP contribution in [0.3, 0.4) is 0 Å². The van der Waals surface area contributed by atoms with Crippen molar-refractivity contribution < 1.29 is 0 Å². The molecule has 160 valence electrons. The van der Waals surface area contributed by atoms with Crippen molar-refractivity contribution in [1.29, 1.82) is 0 Å². The van der Waals surface area contributed by atoms with Crippen molar-refractivity contribution in [2.45, 2.75) is 25.0 Å². The number of hydrogen-bond donors (Lipinski definition) is 1. The van der Waals surface area contributed by atoms with Crippen LogP contribution in [0.5, 0.6) is 0 Å². The van der Waals surface area contributed by atoms with E-state index in [4.69, 9.17) is 10.7 Å². The van der Waals surface area contributed by atoms with E-state index in [-0.39, 0.29) is 5.56 Å². The first-order valence-electron chi connectivity index (χ1n) is 10.1. The molecule has 32 heavy (non-hydrogen) atoms. The first kappa shape index (κ1) is 20.1. The fourth-order valence-electron chi connectivity index (χ4n) is 3.51. The Morgan fingerprint density at radius 3 is 2.84 bits per heavy atom. The van der Waals surface area contributed by atoms with Crippen LogP contribution in [-0.2, 0) is 6.54 Å². The highest BCUT2D eigenvalue weighted by molar-refractivity contribution is 7.99. The van der Waals surface area contributed by atoms with Gasteiger partial charge in [0.25, 0.3) is 5.56 Å². The molecule has 5 rings (SSSR count). The minimum atomic E-state index is -0.121. The number of anilines is 1. The van der Waals surface area contributed by atoms with Crippen LogP contribution in [0.15, 0.2) is 65.2 Å². The second-order valence-electron chi connectivity index (χ2n) is 7.31. The highest BCUT2D eigenvalue weighted by atomic mass is 32.2. The van der Waals surface area contributed by atoms with Gasteiger partial charge in [0, 0.05) is 18.5 Å². The van der Waals surface area contributed by atoms with Gasteiger partial charge < -0.3 is 10.3 Å². The second-order valence-corrected chi connectivity index (χ2v) is 8.38. The Balaban J connectivity index is 1.42. The van der Waals surface area contributed by atoms with Crippen molar-refractivity contribution in [1.82, 2.24) is 34.1 Å². The maximum atomic E-state index is 13.3. The van der Waals surface area contributed by atoms with E-state index in [0.717, 1.165) is 17.7 Å². The van der Waals surface area contributed by atoms with Gasteiger partial charge in [-0.15, -0.1) is 0 Å². The van der Waals surface area contributed by atoms with Gasteiger partial charge in [-0.1, -0.05) is 23.9 Å². The molecule has 0 unspecified atom stereocenters. The lowest BCUT2D eigenvalue weighted by atomic mass is 10.2. The molecule has 0 atom stereocenters. The third kappa shape index (κ3) is 3.69. The molecule has 4 heterocycles. The zero-order valence-corrected chi connectivity index (χ0v) is 18.2. The molecule has 0 aliphatic carbocycles. The number of aromatic nitrogens is 7. The number of benzene rings is 1. The minimum Gasteiger partial charge on any atom is -0.382 e. The monoisotopic (exact) mass is 444 g/mol. The molecule has 0 amide bonds. The number of pyridine rings is 1. The summed E-state index contributed by atoms with van der Waals surface area (Å²) in [7, 11) is 0. The Hall–Kier alpha value is -3.79. The summed E-state index contributed by atoms with van der Waals surface area (Å²) < 4.78 is 3.55. The molecule has 0 aliphatic heterocycles. The molecule has 1 aromatic carbocycles. The summed E-state index contributed by atoms with van der Waals surface area (Å²) in [6, 6.07) is 11.2. The summed E-state index contributed by atoms with van der Waals surface area (Å²) >= 11 is 1.53. The number of hydrogen-bond acceptors (Lipinski definition) is 8. The summed E-state index contributed by atoms with van der Waals surface area (Å²) in [4.78, 5) is 35.0. The van der Waals surface area contributed by atoms with Gasteiger partial charge in [-0.05, 0) is 43.2 Å². The number of aryl methyl sites for hydroxylation is 2. The van der Waals surface area contributed by atoms with Gasteiger partial charge in [0.05, 0.1) is 17.2 Å². The molecular weight excluding hydrogens is 424 g/mol. The van der Waals surface area contributed by atoms with Gasteiger partial charge in [-0.3, -0.25) is 4.79 Å². The van der Waals surface area contributed by atoms with Gasteiger partial charge in [0.1, 0.15) is 17.7 Å². The number of nitrogens with zero attached hydrogens (tertiary/aromatic N) is 7. The summed E-state index contributed by atoms with van der Waals surface area (Å²) in [5.41, 5.74) is 8.77. The number of rotatable bonds is 6. The lowest BCUT2D eigenvalue weighted by molar-refractivity contribution is 0.694. The normalized spacial score (nSPS) is 11.4. The average Bonchev–Trinajstić information content (AvgIpc) is 3.21. The fourth-order valence-corrected chi connectivity index (χ4v) is 4.44. The lowest BCUT2D eigenvalue weighted by Gasteiger charge is -2.13. The highest BCUT2D eigenvalue weighted by Crippen LogP contribution is 2.22. The molecule has 0 saturated heterocycles. The van der Waals surface area contributed by atoms with Gasteiger partial charge in [0.15, 0.2) is 16.6 Å². The molecule has 0 saturated carbocycles. The van der Waals surface area contributed by atoms with Crippen molar-refractivity contribution in [3.05, 3.63) is 71.2 Å². The molecule has 2 N–H and O–H groups in total. The van der Waals surface area contributed by atoms with E-state index in [9.17, 15) is 4.79 Å². The molecule has 10 heteroatoms. The molecule has 4 aromatic heterocycles. The molecule has 0 radical (unpaired) electrons. The molecule has 9 nitrogen and oxygen atoms in total. The van der Waals surface area contributed by atoms with E-state index in [1.165, 1.54) is 18.1 Å². The molecule has 0 spiro atoms. The lowest BCUT2D eigenvalue weighted by Crippen LogP contribution is -2.22. The zero-order valence-electron chi connectivity index (χ0n) is 17.3. The standard InChI is InChI=1S/C22H20N8OS/c1-14-7-8-24-17(11-14)30-21(31)15-5-2-3-6-16(15)28-22(30)32-10-4-9-29-13-27-18-19(23)25-12-26-20(18)29/h2-3,5-8,11-13H,4,9-10H2,1H3,(H2,23,25,26). The van der Waals surface area contributed by atoms with Crippen LogP contribution in [0, 0.1) is 6.92 Å². The number of imidazole rings is 1. The Bertz CT molecular complexity index is 1490. The van der Waals surface area contributed by atoms with E-state index < -0.39 is 0 Å². The van der Waals surface area contributed by atoms with Crippen LogP contribution in [-0.4, -0.2) is 39.8 Å². The smallest absolute Gasteiger partial charge is 0.267 e. The minimum absolute atomic E-state index is 0.121. The van der Waals surface area contributed by atoms with Crippen LogP contribution in [0.2, 0.25) is 0 Å². The van der Waals surface area contributed by atoms with Crippen molar-refractivity contribution in [2.24, 2.45) is 0 Å². The second kappa shape index (κ2) is 8.39. The summed E-state index contributed by atoms with van der Waals surface area (Å²) in [6.45, 7) is 2.68. The molecular formula is C22H20N8OS. The largest absolute Gasteiger partial charge is 0.382 e. The van der Waals surface area contributed by atoms with Crippen LogP contribution >= 0.6 is 11.8 Å². The fraction of sp³-hybridized carbons (Fsp3) is 0.182. The van der Waals surface area contributed by atoms with Crippen molar-refractivity contribution in [2.75, 3.05) is 11.5 Å². The average molecular weight is 445 g/mol. The Labute approximate surface area is 187 Å². The predicted molar refractivity (Wildman–Crippen MR) is 125 cm³/mol. The summed E-state index contributed by atoms with van der Waals surface area (Å²) in [5, 5.41) is 1.19. The number of nitrogens with two attached hydrogens (primary N) is 1. The van der Waals surface area contributed by atoms with Gasteiger partial charge >= 0.3 is 0 Å². The first-order chi connectivity index (χ1) is 15.6. The number of para-hydroxylation sites is 1. The van der Waals surface area contributed by atoms with E-state index in [2.05, 4.69) is 19.9 Å². The highest BCUT2D eigenvalue weighted by Gasteiger charge is 2.14. The summed E-state index contributed by atoms with van der Waals surface area (Å²) in [6.07, 6.45) is 5.70. The SMILES string of the molecule is Cc1ccnc(-n2c(SCCCn3cnc4c(N)ncnc43)nc3ccccc3c2=O)c1. The van der Waals surface area contributed by atoms with E-state index in [0.29, 0.717) is 45.4 Å². The first-order valence-corrected chi connectivity index (χ1v) is 11.1. The topological polar surface area (TPSA) is 117 Å². The van der Waals surface area contributed by atoms with Crippen molar-refractivity contribution in [3.63, 3.8) is 0 Å². The number of fused-ring (bicyclic) bond motifs is 2. The van der Waals surface area contributed by atoms with Crippen LogP contribution < -0.4 is 11.3 Å². The molecule has 0 fully saturated rings. The van der Waals surface area contributed by atoms with Gasteiger partial charge in [-0.2, -0.15) is 0 Å². The molecule has 5 aromatic rings. The maximum absolute atomic E-state index is 13.3. The van der Waals surface area contributed by atoms with E-state index in [1.807, 2.05) is 41.8 Å². The number of thioether (sulfide) groups is 1. The van der Waals surface area contributed by atoms with E-state index >= 15 is 0 Å². The summed E-state index contributed by atoms with van der Waals surface area (Å²) in [5.74, 6) is 1.69. The zero-order chi connectivity index (χ0) is 22.1. The third-order valence-electron chi connectivity index (χ3n) is 5.08. The van der Waals surface area contributed by atoms with Crippen LogP contribution in [0.1, 0.15) is 12.0 Å². The number of nitrogen functional groups attached to an aromatic ring is 1. The predicted octanol–water partition coefficient (Wildman–Crippen LogP) is 2.99. The molecule has 0 bridgehead atoms. The Morgan fingerprint density at radius 1 is 1.09 bits per heavy atom. The third-order valence-corrected chi connectivity index (χ3v) is 6.10. The van der Waals surface area contributed by atoms with Crippen LogP contribution in [0.25, 0.3) is 27.9 Å². The Kier molecular flexibility index (Phi) is 5.28.